The molecule has 3 heteroatoms. The molecule has 0 radical (unpaired) electrons. The standard InChI is InChI=1S/C15H14O2S/c1-10(16)15(17)11-6-2-4-8-13(11)18-14-9-5-3-7-12(14)15/h2-10,16-17H,1H3. The number of hydrogen-bond acceptors (Lipinski definition) is 3. The summed E-state index contributed by atoms with van der Waals surface area (Å²) in [6, 6.07) is 15.4. The van der Waals surface area contributed by atoms with E-state index in [2.05, 4.69) is 0 Å². The second-order valence-corrected chi connectivity index (χ2v) is 5.62. The third-order valence-corrected chi connectivity index (χ3v) is 4.57. The maximum absolute atomic E-state index is 11.0. The molecule has 0 aromatic heterocycles. The molecule has 18 heavy (non-hydrogen) atoms. The first-order valence-corrected chi connectivity index (χ1v) is 6.73. The molecule has 0 saturated carbocycles. The van der Waals surface area contributed by atoms with E-state index in [1.54, 1.807) is 18.7 Å². The Balaban J connectivity index is 2.31. The summed E-state index contributed by atoms with van der Waals surface area (Å²) >= 11 is 1.63. The Kier molecular flexibility index (Phi) is 2.70. The lowest BCUT2D eigenvalue weighted by Gasteiger charge is -2.38. The van der Waals surface area contributed by atoms with Gasteiger partial charge in [-0.3, -0.25) is 0 Å². The lowest BCUT2D eigenvalue weighted by Crippen LogP contribution is -2.41. The minimum Gasteiger partial charge on any atom is -0.390 e. The second kappa shape index (κ2) is 4.12. The van der Waals surface area contributed by atoms with E-state index in [1.165, 1.54) is 0 Å². The first-order chi connectivity index (χ1) is 8.64. The van der Waals surface area contributed by atoms with Crippen LogP contribution >= 0.6 is 11.8 Å². The van der Waals surface area contributed by atoms with Crippen LogP contribution in [0.4, 0.5) is 0 Å². The van der Waals surface area contributed by atoms with E-state index in [4.69, 9.17) is 0 Å². The number of aliphatic hydroxyl groups excluding tert-OH is 1. The Morgan fingerprint density at radius 3 is 1.83 bits per heavy atom. The number of hydrogen-bond donors (Lipinski definition) is 2. The zero-order valence-corrected chi connectivity index (χ0v) is 10.8. The minimum atomic E-state index is -1.32. The molecule has 2 nitrogen and oxygen atoms in total. The van der Waals surface area contributed by atoms with Crippen molar-refractivity contribution in [1.29, 1.82) is 0 Å². The lowest BCUT2D eigenvalue weighted by atomic mass is 9.82. The Bertz CT molecular complexity index is 547. The van der Waals surface area contributed by atoms with E-state index in [9.17, 15) is 10.2 Å². The molecule has 1 aliphatic heterocycles. The van der Waals surface area contributed by atoms with Gasteiger partial charge in [0.2, 0.25) is 0 Å². The Hall–Kier alpha value is -1.29. The Labute approximate surface area is 110 Å². The fourth-order valence-electron chi connectivity index (χ4n) is 2.45. The molecule has 1 heterocycles. The lowest BCUT2D eigenvalue weighted by molar-refractivity contribution is -0.0437. The molecule has 0 spiro atoms. The number of fused-ring (bicyclic) bond motifs is 2. The second-order valence-electron chi connectivity index (χ2n) is 4.54. The third kappa shape index (κ3) is 1.52. The van der Waals surface area contributed by atoms with Gasteiger partial charge < -0.3 is 10.2 Å². The average molecular weight is 258 g/mol. The predicted molar refractivity (Wildman–Crippen MR) is 71.7 cm³/mol. The maximum Gasteiger partial charge on any atom is 0.142 e. The highest BCUT2D eigenvalue weighted by molar-refractivity contribution is 7.99. The van der Waals surface area contributed by atoms with E-state index in [0.29, 0.717) is 0 Å². The summed E-state index contributed by atoms with van der Waals surface area (Å²) in [5, 5.41) is 21.1. The molecule has 0 aliphatic carbocycles. The fraction of sp³-hybridized carbons (Fsp3) is 0.200. The molecule has 2 aromatic rings. The molecule has 0 fully saturated rings. The smallest absolute Gasteiger partial charge is 0.142 e. The van der Waals surface area contributed by atoms with Crippen molar-refractivity contribution in [2.75, 3.05) is 0 Å². The van der Waals surface area contributed by atoms with Crippen molar-refractivity contribution in [2.45, 2.75) is 28.4 Å². The van der Waals surface area contributed by atoms with Crippen molar-refractivity contribution in [3.8, 4) is 0 Å². The molecule has 92 valence electrons. The topological polar surface area (TPSA) is 40.5 Å². The summed E-state index contributed by atoms with van der Waals surface area (Å²) in [5.41, 5.74) is 0.241. The molecule has 2 N–H and O–H groups in total. The van der Waals surface area contributed by atoms with Crippen LogP contribution in [0.15, 0.2) is 58.3 Å². The summed E-state index contributed by atoms with van der Waals surface area (Å²) < 4.78 is 0. The molecule has 0 amide bonds. The third-order valence-electron chi connectivity index (χ3n) is 3.42. The van der Waals surface area contributed by atoms with Crippen molar-refractivity contribution in [1.82, 2.24) is 0 Å². The molecular formula is C15H14O2S. The zero-order chi connectivity index (χ0) is 12.8. The molecule has 0 saturated heterocycles. The minimum absolute atomic E-state index is 0.781. The van der Waals surface area contributed by atoms with Gasteiger partial charge in [-0.1, -0.05) is 48.2 Å². The highest BCUT2D eigenvalue weighted by Crippen LogP contribution is 2.49. The van der Waals surface area contributed by atoms with E-state index in [1.807, 2.05) is 48.5 Å². The summed E-state index contributed by atoms with van der Waals surface area (Å²) in [6.07, 6.45) is -0.860. The summed E-state index contributed by atoms with van der Waals surface area (Å²) in [7, 11) is 0. The van der Waals surface area contributed by atoms with Crippen molar-refractivity contribution in [2.24, 2.45) is 0 Å². The average Bonchev–Trinajstić information content (AvgIpc) is 2.39. The largest absolute Gasteiger partial charge is 0.390 e. The molecule has 2 aromatic carbocycles. The Morgan fingerprint density at radius 2 is 1.39 bits per heavy atom. The molecule has 1 unspecified atom stereocenters. The van der Waals surface area contributed by atoms with Crippen LogP contribution in [0.2, 0.25) is 0 Å². The van der Waals surface area contributed by atoms with Crippen LogP contribution in [0.25, 0.3) is 0 Å². The van der Waals surface area contributed by atoms with Gasteiger partial charge in [0.05, 0.1) is 6.10 Å². The molecule has 1 atom stereocenters. The van der Waals surface area contributed by atoms with Gasteiger partial charge in [0.15, 0.2) is 0 Å². The van der Waals surface area contributed by atoms with Gasteiger partial charge in [0.25, 0.3) is 0 Å². The molecule has 0 bridgehead atoms. The molecule has 3 rings (SSSR count). The molecular weight excluding hydrogens is 244 g/mol. The van der Waals surface area contributed by atoms with Crippen molar-refractivity contribution in [3.05, 3.63) is 59.7 Å². The van der Waals surface area contributed by atoms with E-state index < -0.39 is 11.7 Å². The van der Waals surface area contributed by atoms with Crippen LogP contribution < -0.4 is 0 Å². The van der Waals surface area contributed by atoms with Crippen LogP contribution in [0.3, 0.4) is 0 Å². The van der Waals surface area contributed by atoms with Crippen molar-refractivity contribution >= 4 is 11.8 Å². The van der Waals surface area contributed by atoms with Gasteiger partial charge in [-0.25, -0.2) is 0 Å². The summed E-state index contributed by atoms with van der Waals surface area (Å²) in [5.74, 6) is 0. The summed E-state index contributed by atoms with van der Waals surface area (Å²) in [6.45, 7) is 1.63. The number of rotatable bonds is 1. The predicted octanol–water partition coefficient (Wildman–Crippen LogP) is 2.77. The van der Waals surface area contributed by atoms with Crippen LogP contribution in [-0.4, -0.2) is 16.3 Å². The fourth-order valence-corrected chi connectivity index (χ4v) is 3.65. The number of aliphatic hydroxyl groups is 2. The SMILES string of the molecule is CC(O)C1(O)c2ccccc2Sc2ccccc21. The van der Waals surface area contributed by atoms with Crippen LogP contribution in [-0.2, 0) is 5.60 Å². The van der Waals surface area contributed by atoms with Gasteiger partial charge >= 0.3 is 0 Å². The van der Waals surface area contributed by atoms with Crippen LogP contribution in [0.1, 0.15) is 18.1 Å². The van der Waals surface area contributed by atoms with Crippen LogP contribution in [0, 0.1) is 0 Å². The van der Waals surface area contributed by atoms with Crippen molar-refractivity contribution < 1.29 is 10.2 Å². The van der Waals surface area contributed by atoms with Crippen molar-refractivity contribution in [3.63, 3.8) is 0 Å². The summed E-state index contributed by atoms with van der Waals surface area (Å²) in [4.78, 5) is 2.00. The quantitative estimate of drug-likeness (QED) is 0.826. The monoisotopic (exact) mass is 258 g/mol. The van der Waals surface area contributed by atoms with E-state index >= 15 is 0 Å². The zero-order valence-electron chi connectivity index (χ0n) is 10.00. The Morgan fingerprint density at radius 1 is 0.944 bits per heavy atom. The molecule has 1 aliphatic rings. The van der Waals surface area contributed by atoms with Gasteiger partial charge in [0.1, 0.15) is 5.60 Å². The highest BCUT2D eigenvalue weighted by atomic mass is 32.2. The van der Waals surface area contributed by atoms with Gasteiger partial charge in [-0.15, -0.1) is 0 Å². The van der Waals surface area contributed by atoms with Gasteiger partial charge in [-0.2, -0.15) is 0 Å². The van der Waals surface area contributed by atoms with E-state index in [-0.39, 0.29) is 0 Å². The maximum atomic E-state index is 11.0. The normalized spacial score (nSPS) is 17.7. The van der Waals surface area contributed by atoms with Crippen LogP contribution in [0.5, 0.6) is 0 Å². The first-order valence-electron chi connectivity index (χ1n) is 5.91. The highest BCUT2D eigenvalue weighted by Gasteiger charge is 2.42. The number of benzene rings is 2. The van der Waals surface area contributed by atoms with Gasteiger partial charge in [-0.05, 0) is 19.1 Å². The first kappa shape index (κ1) is 11.8. The van der Waals surface area contributed by atoms with E-state index in [0.717, 1.165) is 20.9 Å². The van der Waals surface area contributed by atoms with Gasteiger partial charge in [0, 0.05) is 20.9 Å².